The Morgan fingerprint density at radius 2 is 2.12 bits per heavy atom. The Morgan fingerprint density at radius 1 is 1.33 bits per heavy atom. The van der Waals surface area contributed by atoms with E-state index < -0.39 is 0 Å². The number of hydrogen-bond acceptors (Lipinski definition) is 4. The van der Waals surface area contributed by atoms with Crippen LogP contribution in [0.25, 0.3) is 0 Å². The summed E-state index contributed by atoms with van der Waals surface area (Å²) in [5.74, 6) is 2.30. The number of hydrogen-bond donors (Lipinski definition) is 2. The fourth-order valence-corrected chi connectivity index (χ4v) is 3.49. The molecule has 0 aliphatic rings. The second kappa shape index (κ2) is 8.67. The van der Waals surface area contributed by atoms with Gasteiger partial charge in [-0.2, -0.15) is 0 Å². The molecular weight excluding hydrogens is 388 g/mol. The van der Waals surface area contributed by atoms with Crippen molar-refractivity contribution in [1.29, 1.82) is 0 Å². The smallest absolute Gasteiger partial charge is 0.216 e. The van der Waals surface area contributed by atoms with Crippen molar-refractivity contribution in [1.82, 2.24) is 15.6 Å². The van der Waals surface area contributed by atoms with Crippen LogP contribution in [0, 0.1) is 0 Å². The van der Waals surface area contributed by atoms with E-state index in [0.717, 1.165) is 35.0 Å². The van der Waals surface area contributed by atoms with Crippen LogP contribution in [0.4, 0.5) is 0 Å². The first-order valence-corrected chi connectivity index (χ1v) is 9.71. The number of nitrogens with one attached hydrogen (secondary N) is 2. The van der Waals surface area contributed by atoms with Crippen LogP contribution >= 0.6 is 27.3 Å². The van der Waals surface area contributed by atoms with Crippen LogP contribution in [-0.2, 0) is 18.4 Å². The first-order chi connectivity index (χ1) is 11.4. The number of guanidine groups is 1. The molecule has 0 atom stereocenters. The monoisotopic (exact) mass is 412 g/mol. The number of aromatic nitrogens is 1. The van der Waals surface area contributed by atoms with E-state index in [1.807, 2.05) is 0 Å². The maximum absolute atomic E-state index is 5.78. The van der Waals surface area contributed by atoms with Gasteiger partial charge in [-0.15, -0.1) is 11.3 Å². The number of halogens is 1. The molecule has 7 heteroatoms. The number of nitrogens with zero attached hydrogens (tertiary/aromatic N) is 2. The van der Waals surface area contributed by atoms with Crippen LogP contribution < -0.4 is 10.6 Å². The minimum Gasteiger partial charge on any atom is -0.443 e. The van der Waals surface area contributed by atoms with Gasteiger partial charge in [0.25, 0.3) is 0 Å². The topological polar surface area (TPSA) is 62.5 Å². The molecule has 2 aromatic rings. The molecule has 0 bridgehead atoms. The molecule has 0 amide bonds. The molecule has 0 spiro atoms. The molecule has 0 saturated carbocycles. The highest BCUT2D eigenvalue weighted by atomic mass is 79.9. The SMILES string of the molecule is CCNC(=NCc1ncc(C(C)(C)C)o1)NCCc1ccc(Br)s1. The lowest BCUT2D eigenvalue weighted by Crippen LogP contribution is -2.38. The predicted octanol–water partition coefficient (Wildman–Crippen LogP) is 4.09. The molecule has 0 unspecified atom stereocenters. The zero-order valence-electron chi connectivity index (χ0n) is 14.6. The molecule has 24 heavy (non-hydrogen) atoms. The number of oxazole rings is 1. The predicted molar refractivity (Wildman–Crippen MR) is 104 cm³/mol. The van der Waals surface area contributed by atoms with Crippen molar-refractivity contribution in [2.75, 3.05) is 13.1 Å². The van der Waals surface area contributed by atoms with Crippen molar-refractivity contribution in [2.24, 2.45) is 4.99 Å². The Morgan fingerprint density at radius 3 is 2.71 bits per heavy atom. The summed E-state index contributed by atoms with van der Waals surface area (Å²) in [4.78, 5) is 10.2. The standard InChI is InChI=1S/C17H25BrN4OS/c1-5-19-16(20-9-8-12-6-7-14(18)24-12)22-11-15-21-10-13(23-15)17(2,3)4/h6-7,10H,5,8-9,11H2,1-4H3,(H2,19,20,22). The summed E-state index contributed by atoms with van der Waals surface area (Å²) in [6.45, 7) is 10.4. The van der Waals surface area contributed by atoms with Crippen molar-refractivity contribution in [3.05, 3.63) is 38.6 Å². The molecular formula is C17H25BrN4OS. The molecule has 2 heterocycles. The maximum Gasteiger partial charge on any atom is 0.216 e. The first kappa shape index (κ1) is 19.0. The summed E-state index contributed by atoms with van der Waals surface area (Å²) in [5, 5.41) is 6.59. The van der Waals surface area contributed by atoms with Crippen molar-refractivity contribution >= 4 is 33.2 Å². The maximum atomic E-state index is 5.78. The van der Waals surface area contributed by atoms with E-state index in [-0.39, 0.29) is 5.41 Å². The molecule has 0 saturated heterocycles. The Bertz CT molecular complexity index is 672. The van der Waals surface area contributed by atoms with Gasteiger partial charge in [0.1, 0.15) is 12.3 Å². The van der Waals surface area contributed by atoms with Crippen molar-refractivity contribution in [3.63, 3.8) is 0 Å². The van der Waals surface area contributed by atoms with E-state index in [1.54, 1.807) is 17.5 Å². The molecule has 0 aliphatic carbocycles. The average Bonchev–Trinajstić information content (AvgIpc) is 3.13. The second-order valence-electron chi connectivity index (χ2n) is 6.45. The highest BCUT2D eigenvalue weighted by molar-refractivity contribution is 9.11. The summed E-state index contributed by atoms with van der Waals surface area (Å²) in [6.07, 6.45) is 2.76. The van der Waals surface area contributed by atoms with Crippen LogP contribution in [0.3, 0.4) is 0 Å². The van der Waals surface area contributed by atoms with Gasteiger partial charge >= 0.3 is 0 Å². The average molecular weight is 413 g/mol. The van der Waals surface area contributed by atoms with Gasteiger partial charge in [-0.1, -0.05) is 20.8 Å². The minimum atomic E-state index is -0.0350. The Labute approximate surface area is 156 Å². The Kier molecular flexibility index (Phi) is 6.86. The normalized spacial score (nSPS) is 12.5. The van der Waals surface area contributed by atoms with E-state index in [9.17, 15) is 0 Å². The highest BCUT2D eigenvalue weighted by Gasteiger charge is 2.18. The number of thiophene rings is 1. The van der Waals surface area contributed by atoms with Crippen molar-refractivity contribution < 1.29 is 4.42 Å². The van der Waals surface area contributed by atoms with Gasteiger partial charge < -0.3 is 15.1 Å². The summed E-state index contributed by atoms with van der Waals surface area (Å²) >= 11 is 5.25. The van der Waals surface area contributed by atoms with Crippen LogP contribution in [0.1, 0.15) is 44.2 Å². The van der Waals surface area contributed by atoms with E-state index in [2.05, 4.69) is 76.4 Å². The summed E-state index contributed by atoms with van der Waals surface area (Å²) in [7, 11) is 0. The lowest BCUT2D eigenvalue weighted by molar-refractivity contribution is 0.383. The Balaban J connectivity index is 1.89. The fourth-order valence-electron chi connectivity index (χ4n) is 2.01. The van der Waals surface area contributed by atoms with Crippen molar-refractivity contribution in [3.8, 4) is 0 Å². The third-order valence-electron chi connectivity index (χ3n) is 3.30. The largest absolute Gasteiger partial charge is 0.443 e. The van der Waals surface area contributed by atoms with Gasteiger partial charge in [-0.3, -0.25) is 0 Å². The van der Waals surface area contributed by atoms with Gasteiger partial charge in [-0.05, 0) is 41.4 Å². The zero-order chi connectivity index (χ0) is 17.6. The fraction of sp³-hybridized carbons (Fsp3) is 0.529. The third-order valence-corrected chi connectivity index (χ3v) is 4.99. The molecule has 0 aliphatic heterocycles. The van der Waals surface area contributed by atoms with Gasteiger partial charge in [0.15, 0.2) is 5.96 Å². The van der Waals surface area contributed by atoms with Crippen molar-refractivity contribution in [2.45, 2.75) is 46.1 Å². The molecule has 2 N–H and O–H groups in total. The molecule has 0 aromatic carbocycles. The van der Waals surface area contributed by atoms with E-state index in [0.29, 0.717) is 12.4 Å². The second-order valence-corrected chi connectivity index (χ2v) is 8.99. The quantitative estimate of drug-likeness (QED) is 0.553. The van der Waals surface area contributed by atoms with Gasteiger partial charge in [0.2, 0.25) is 5.89 Å². The lowest BCUT2D eigenvalue weighted by Gasteiger charge is -2.13. The number of rotatable bonds is 6. The van der Waals surface area contributed by atoms with E-state index in [1.165, 1.54) is 4.88 Å². The molecule has 5 nitrogen and oxygen atoms in total. The van der Waals surface area contributed by atoms with E-state index in [4.69, 9.17) is 4.42 Å². The van der Waals surface area contributed by atoms with Gasteiger partial charge in [-0.25, -0.2) is 9.98 Å². The lowest BCUT2D eigenvalue weighted by atomic mass is 9.94. The third kappa shape index (κ3) is 5.94. The molecule has 0 fully saturated rings. The first-order valence-electron chi connectivity index (χ1n) is 8.10. The zero-order valence-corrected chi connectivity index (χ0v) is 17.1. The minimum absolute atomic E-state index is 0.0350. The Hall–Kier alpha value is -1.34. The van der Waals surface area contributed by atoms with Crippen LogP contribution in [0.15, 0.2) is 31.5 Å². The van der Waals surface area contributed by atoms with Crippen LogP contribution in [0.2, 0.25) is 0 Å². The molecule has 0 radical (unpaired) electrons. The number of aliphatic imine (C=N–C) groups is 1. The van der Waals surface area contributed by atoms with Gasteiger partial charge in [0.05, 0.1) is 9.98 Å². The molecule has 2 rings (SSSR count). The summed E-state index contributed by atoms with van der Waals surface area (Å²) in [6, 6.07) is 4.22. The summed E-state index contributed by atoms with van der Waals surface area (Å²) in [5.41, 5.74) is -0.0350. The molecule has 132 valence electrons. The molecule has 2 aromatic heterocycles. The van der Waals surface area contributed by atoms with E-state index >= 15 is 0 Å². The van der Waals surface area contributed by atoms with Crippen LogP contribution in [0.5, 0.6) is 0 Å². The summed E-state index contributed by atoms with van der Waals surface area (Å²) < 4.78 is 6.94. The van der Waals surface area contributed by atoms with Gasteiger partial charge in [0, 0.05) is 23.4 Å². The highest BCUT2D eigenvalue weighted by Crippen LogP contribution is 2.23. The van der Waals surface area contributed by atoms with Crippen LogP contribution in [-0.4, -0.2) is 24.0 Å².